The van der Waals surface area contributed by atoms with Crippen LogP contribution in [-0.2, 0) is 11.3 Å². The van der Waals surface area contributed by atoms with Gasteiger partial charge < -0.3 is 9.88 Å². The van der Waals surface area contributed by atoms with Crippen LogP contribution < -0.4 is 16.2 Å². The normalized spacial score (nSPS) is 19.6. The van der Waals surface area contributed by atoms with Crippen molar-refractivity contribution in [2.45, 2.75) is 32.0 Å². The predicted octanol–water partition coefficient (Wildman–Crippen LogP) is 2.47. The number of para-hydroxylation sites is 1. The monoisotopic (exact) mass is 367 g/mol. The van der Waals surface area contributed by atoms with Crippen molar-refractivity contribution in [2.75, 3.05) is 0 Å². The Labute approximate surface area is 156 Å². The number of nitrogens with one attached hydrogen (secondary N) is 3. The van der Waals surface area contributed by atoms with Crippen LogP contribution in [0.5, 0.6) is 0 Å². The summed E-state index contributed by atoms with van der Waals surface area (Å²) in [6, 6.07) is 12.2. The molecule has 1 saturated heterocycles. The number of hydrogen-bond donors (Lipinski definition) is 3. The summed E-state index contributed by atoms with van der Waals surface area (Å²) in [6.07, 6.45) is 6.15. The number of thiophene rings is 1. The van der Waals surface area contributed by atoms with Crippen LogP contribution in [0.2, 0.25) is 0 Å². The highest BCUT2D eigenvalue weighted by atomic mass is 32.1. The lowest BCUT2D eigenvalue weighted by molar-refractivity contribution is -0.123. The first-order valence-corrected chi connectivity index (χ1v) is 9.43. The Bertz CT molecular complexity index is 889. The predicted molar refractivity (Wildman–Crippen MR) is 102 cm³/mol. The maximum atomic E-state index is 12.6. The van der Waals surface area contributed by atoms with E-state index >= 15 is 0 Å². The van der Waals surface area contributed by atoms with Gasteiger partial charge in [0.05, 0.1) is 18.1 Å². The van der Waals surface area contributed by atoms with Crippen LogP contribution in [0.25, 0.3) is 5.69 Å². The summed E-state index contributed by atoms with van der Waals surface area (Å²) in [4.78, 5) is 19.2. The molecule has 7 heteroatoms. The van der Waals surface area contributed by atoms with Gasteiger partial charge in [0.25, 0.3) is 0 Å². The molecule has 2 atom stereocenters. The van der Waals surface area contributed by atoms with Gasteiger partial charge >= 0.3 is 0 Å². The van der Waals surface area contributed by atoms with Crippen LogP contribution in [0.3, 0.4) is 0 Å². The van der Waals surface area contributed by atoms with Crippen molar-refractivity contribution >= 4 is 17.2 Å². The molecule has 3 heterocycles. The first kappa shape index (κ1) is 17.0. The van der Waals surface area contributed by atoms with Gasteiger partial charge in [-0.25, -0.2) is 15.8 Å². The van der Waals surface area contributed by atoms with E-state index in [1.54, 1.807) is 23.9 Å². The molecule has 0 saturated carbocycles. The fourth-order valence-electron chi connectivity index (χ4n) is 3.17. The van der Waals surface area contributed by atoms with Crippen LogP contribution in [0.1, 0.15) is 27.8 Å². The van der Waals surface area contributed by atoms with E-state index in [4.69, 9.17) is 0 Å². The second-order valence-electron chi connectivity index (χ2n) is 6.39. The van der Waals surface area contributed by atoms with E-state index in [0.717, 1.165) is 17.7 Å². The maximum absolute atomic E-state index is 12.6. The number of aromatic nitrogens is 2. The Morgan fingerprint density at radius 1 is 1.31 bits per heavy atom. The summed E-state index contributed by atoms with van der Waals surface area (Å²) < 4.78 is 1.95. The molecule has 1 aromatic carbocycles. The second-order valence-corrected chi connectivity index (χ2v) is 7.71. The molecule has 1 aliphatic heterocycles. The SMILES string of the molecule is Cc1ccc(C2CC(C(=O)NCc3ccccc3-n3ccnc3)NN2)s1. The maximum Gasteiger partial charge on any atom is 0.238 e. The van der Waals surface area contributed by atoms with E-state index in [9.17, 15) is 4.79 Å². The minimum Gasteiger partial charge on any atom is -0.351 e. The van der Waals surface area contributed by atoms with Gasteiger partial charge in [-0.2, -0.15) is 0 Å². The van der Waals surface area contributed by atoms with Crippen LogP contribution in [0, 0.1) is 6.92 Å². The summed E-state index contributed by atoms with van der Waals surface area (Å²) in [6.45, 7) is 2.58. The minimum absolute atomic E-state index is 0.00807. The van der Waals surface area contributed by atoms with Gasteiger partial charge in [-0.15, -0.1) is 11.3 Å². The molecule has 134 valence electrons. The van der Waals surface area contributed by atoms with Crippen molar-refractivity contribution in [3.8, 4) is 5.69 Å². The van der Waals surface area contributed by atoms with Crippen molar-refractivity contribution in [1.29, 1.82) is 0 Å². The van der Waals surface area contributed by atoms with E-state index in [-0.39, 0.29) is 18.0 Å². The van der Waals surface area contributed by atoms with E-state index in [2.05, 4.69) is 40.2 Å². The topological polar surface area (TPSA) is 71.0 Å². The highest BCUT2D eigenvalue weighted by Crippen LogP contribution is 2.28. The van der Waals surface area contributed by atoms with Crippen LogP contribution >= 0.6 is 11.3 Å². The fraction of sp³-hybridized carbons (Fsp3) is 0.263. The van der Waals surface area contributed by atoms with Gasteiger partial charge in [-0.1, -0.05) is 18.2 Å². The molecule has 0 bridgehead atoms. The van der Waals surface area contributed by atoms with Gasteiger partial charge in [-0.05, 0) is 37.1 Å². The smallest absolute Gasteiger partial charge is 0.238 e. The number of carbonyl (C=O) groups excluding carboxylic acids is 1. The summed E-state index contributed by atoms with van der Waals surface area (Å²) in [5.74, 6) is 0.00807. The number of amides is 1. The zero-order valence-corrected chi connectivity index (χ0v) is 15.3. The van der Waals surface area contributed by atoms with Crippen LogP contribution in [-0.4, -0.2) is 21.5 Å². The van der Waals surface area contributed by atoms with Crippen LogP contribution in [0.15, 0.2) is 55.1 Å². The molecule has 6 nitrogen and oxygen atoms in total. The number of hydrazine groups is 1. The number of rotatable bonds is 5. The lowest BCUT2D eigenvalue weighted by Gasteiger charge is -2.13. The van der Waals surface area contributed by atoms with Gasteiger partial charge in [0.2, 0.25) is 5.91 Å². The van der Waals surface area contributed by atoms with Crippen molar-refractivity contribution in [3.05, 3.63) is 70.4 Å². The average molecular weight is 367 g/mol. The van der Waals surface area contributed by atoms with E-state index in [0.29, 0.717) is 6.54 Å². The number of carbonyl (C=O) groups is 1. The third-order valence-corrected chi connectivity index (χ3v) is 5.67. The number of nitrogens with zero attached hydrogens (tertiary/aromatic N) is 2. The highest BCUT2D eigenvalue weighted by Gasteiger charge is 2.30. The van der Waals surface area contributed by atoms with Crippen molar-refractivity contribution in [2.24, 2.45) is 0 Å². The Morgan fingerprint density at radius 2 is 2.19 bits per heavy atom. The highest BCUT2D eigenvalue weighted by molar-refractivity contribution is 7.12. The van der Waals surface area contributed by atoms with Crippen molar-refractivity contribution in [1.82, 2.24) is 25.7 Å². The standard InChI is InChI=1S/C19H21N5OS/c1-13-6-7-18(26-13)15-10-16(23-22-15)19(25)21-11-14-4-2-3-5-17(14)24-9-8-20-12-24/h2-9,12,15-16,22-23H,10-11H2,1H3,(H,21,25). The summed E-state index contributed by atoms with van der Waals surface area (Å²) in [7, 11) is 0. The van der Waals surface area contributed by atoms with Crippen molar-refractivity contribution < 1.29 is 4.79 Å². The molecular formula is C19H21N5OS. The van der Waals surface area contributed by atoms with E-state index in [1.807, 2.05) is 35.0 Å². The Morgan fingerprint density at radius 3 is 2.96 bits per heavy atom. The van der Waals surface area contributed by atoms with Gasteiger partial charge in [0.15, 0.2) is 0 Å². The minimum atomic E-state index is -0.234. The Balaban J connectivity index is 1.38. The largest absolute Gasteiger partial charge is 0.351 e. The number of hydrogen-bond acceptors (Lipinski definition) is 5. The number of aryl methyl sites for hydroxylation is 1. The summed E-state index contributed by atoms with van der Waals surface area (Å²) >= 11 is 1.77. The number of imidazole rings is 1. The Hall–Kier alpha value is -2.48. The molecule has 0 spiro atoms. The molecule has 1 fully saturated rings. The fourth-order valence-corrected chi connectivity index (χ4v) is 4.12. The molecule has 1 amide bonds. The molecule has 1 aliphatic rings. The van der Waals surface area contributed by atoms with Crippen LogP contribution in [0.4, 0.5) is 0 Å². The van der Waals surface area contributed by atoms with Crippen molar-refractivity contribution in [3.63, 3.8) is 0 Å². The molecule has 3 N–H and O–H groups in total. The zero-order valence-electron chi connectivity index (χ0n) is 14.5. The molecule has 4 rings (SSSR count). The average Bonchev–Trinajstić information content (AvgIpc) is 3.40. The van der Waals surface area contributed by atoms with E-state index in [1.165, 1.54) is 9.75 Å². The Kier molecular flexibility index (Phi) is 4.83. The lowest BCUT2D eigenvalue weighted by Crippen LogP contribution is -2.42. The summed E-state index contributed by atoms with van der Waals surface area (Å²) in [5.41, 5.74) is 8.43. The van der Waals surface area contributed by atoms with Gasteiger partial charge in [-0.3, -0.25) is 4.79 Å². The summed E-state index contributed by atoms with van der Waals surface area (Å²) in [5, 5.41) is 3.05. The third-order valence-electron chi connectivity index (χ3n) is 4.55. The van der Waals surface area contributed by atoms with Gasteiger partial charge in [0.1, 0.15) is 6.04 Å². The van der Waals surface area contributed by atoms with Gasteiger partial charge in [0, 0.05) is 28.7 Å². The third kappa shape index (κ3) is 3.55. The quantitative estimate of drug-likeness (QED) is 0.648. The first-order valence-electron chi connectivity index (χ1n) is 8.62. The molecule has 26 heavy (non-hydrogen) atoms. The molecule has 2 unspecified atom stereocenters. The van der Waals surface area contributed by atoms with E-state index < -0.39 is 0 Å². The zero-order chi connectivity index (χ0) is 17.9. The molecule has 0 radical (unpaired) electrons. The molecule has 3 aromatic rings. The molecular weight excluding hydrogens is 346 g/mol. The number of benzene rings is 1. The molecule has 2 aromatic heterocycles. The lowest BCUT2D eigenvalue weighted by atomic mass is 10.1. The second kappa shape index (κ2) is 7.41. The first-order chi connectivity index (χ1) is 12.7. The molecule has 0 aliphatic carbocycles.